The second-order valence-corrected chi connectivity index (χ2v) is 5.99. The number of anilines is 1. The van der Waals surface area contributed by atoms with Crippen LogP contribution in [0.4, 0.5) is 10.1 Å². The van der Waals surface area contributed by atoms with E-state index in [2.05, 4.69) is 9.71 Å². The molecule has 7 heteroatoms. The van der Waals surface area contributed by atoms with E-state index in [-0.39, 0.29) is 10.6 Å². The molecule has 0 saturated carbocycles. The first-order valence-electron chi connectivity index (χ1n) is 5.87. The van der Waals surface area contributed by atoms with Crippen molar-refractivity contribution in [2.75, 3.05) is 5.73 Å². The number of halogens is 1. The van der Waals surface area contributed by atoms with Crippen molar-refractivity contribution in [1.29, 1.82) is 0 Å². The molecule has 1 aromatic carbocycles. The molecule has 1 aromatic heterocycles. The molecule has 20 heavy (non-hydrogen) atoms. The number of rotatable bonds is 4. The van der Waals surface area contributed by atoms with E-state index < -0.39 is 21.9 Å². The van der Waals surface area contributed by atoms with Crippen molar-refractivity contribution >= 4 is 15.7 Å². The quantitative estimate of drug-likeness (QED) is 0.843. The minimum atomic E-state index is -3.82. The van der Waals surface area contributed by atoms with E-state index in [0.29, 0.717) is 0 Å². The first-order valence-corrected chi connectivity index (χ1v) is 7.36. The maximum Gasteiger partial charge on any atom is 0.243 e. The summed E-state index contributed by atoms with van der Waals surface area (Å²) in [6.07, 6.45) is 3.15. The van der Waals surface area contributed by atoms with Gasteiger partial charge in [0.25, 0.3) is 0 Å². The lowest BCUT2D eigenvalue weighted by Crippen LogP contribution is -2.27. The molecule has 106 valence electrons. The van der Waals surface area contributed by atoms with Gasteiger partial charge in [-0.1, -0.05) is 0 Å². The topological polar surface area (TPSA) is 85.1 Å². The number of hydrogen-bond donors (Lipinski definition) is 2. The fourth-order valence-electron chi connectivity index (χ4n) is 1.78. The zero-order valence-corrected chi connectivity index (χ0v) is 11.6. The Bertz CT molecular complexity index is 705. The molecule has 3 N–H and O–H groups in total. The Kier molecular flexibility index (Phi) is 4.01. The van der Waals surface area contributed by atoms with Gasteiger partial charge in [-0.05, 0) is 42.8 Å². The lowest BCUT2D eigenvalue weighted by atomic mass is 10.1. The number of nitrogen functional groups attached to an aromatic ring is 1. The standard InChI is InChI=1S/C13H14FN3O2S/c1-9(10-4-6-16-7-5-10)17-20(18,19)13-3-2-11(14)8-12(13)15/h2-9,17H,15H2,1H3. The normalized spacial score (nSPS) is 13.1. The number of sulfonamides is 1. The Labute approximate surface area is 116 Å². The van der Waals surface area contributed by atoms with Crippen LogP contribution in [-0.4, -0.2) is 13.4 Å². The maximum atomic E-state index is 13.0. The Balaban J connectivity index is 2.28. The number of aromatic nitrogens is 1. The summed E-state index contributed by atoms with van der Waals surface area (Å²) in [6, 6.07) is 6.15. The minimum Gasteiger partial charge on any atom is -0.398 e. The molecule has 1 unspecified atom stereocenters. The van der Waals surface area contributed by atoms with Crippen LogP contribution >= 0.6 is 0 Å². The fraction of sp³-hybridized carbons (Fsp3) is 0.154. The number of hydrogen-bond acceptors (Lipinski definition) is 4. The highest BCUT2D eigenvalue weighted by molar-refractivity contribution is 7.89. The molecular weight excluding hydrogens is 281 g/mol. The highest BCUT2D eigenvalue weighted by Crippen LogP contribution is 2.21. The Hall–Kier alpha value is -1.99. The molecule has 0 fully saturated rings. The fourth-order valence-corrected chi connectivity index (χ4v) is 3.13. The summed E-state index contributed by atoms with van der Waals surface area (Å²) in [7, 11) is -3.82. The Morgan fingerprint density at radius 1 is 1.25 bits per heavy atom. The van der Waals surface area contributed by atoms with Crippen LogP contribution < -0.4 is 10.5 Å². The smallest absolute Gasteiger partial charge is 0.243 e. The first-order chi connectivity index (χ1) is 9.40. The third-order valence-electron chi connectivity index (χ3n) is 2.80. The molecule has 0 amide bonds. The second-order valence-electron chi connectivity index (χ2n) is 4.31. The predicted molar refractivity (Wildman–Crippen MR) is 73.8 cm³/mol. The lowest BCUT2D eigenvalue weighted by molar-refractivity contribution is 0.566. The van der Waals surface area contributed by atoms with E-state index in [1.54, 1.807) is 31.5 Å². The van der Waals surface area contributed by atoms with Crippen LogP contribution in [0.1, 0.15) is 18.5 Å². The van der Waals surface area contributed by atoms with Crippen molar-refractivity contribution in [1.82, 2.24) is 9.71 Å². The van der Waals surface area contributed by atoms with Gasteiger partial charge in [-0.25, -0.2) is 17.5 Å². The zero-order valence-electron chi connectivity index (χ0n) is 10.7. The summed E-state index contributed by atoms with van der Waals surface area (Å²) >= 11 is 0. The van der Waals surface area contributed by atoms with E-state index in [0.717, 1.165) is 23.8 Å². The van der Waals surface area contributed by atoms with Gasteiger partial charge >= 0.3 is 0 Å². The third kappa shape index (κ3) is 3.12. The van der Waals surface area contributed by atoms with Gasteiger partial charge in [0, 0.05) is 18.4 Å². The van der Waals surface area contributed by atoms with Crippen molar-refractivity contribution in [3.05, 3.63) is 54.1 Å². The summed E-state index contributed by atoms with van der Waals surface area (Å²) in [5, 5.41) is 0. The zero-order chi connectivity index (χ0) is 14.8. The molecule has 0 aliphatic carbocycles. The van der Waals surface area contributed by atoms with Crippen LogP contribution in [-0.2, 0) is 10.0 Å². The van der Waals surface area contributed by atoms with E-state index in [9.17, 15) is 12.8 Å². The van der Waals surface area contributed by atoms with Gasteiger partial charge in [0.15, 0.2) is 0 Å². The molecule has 0 radical (unpaired) electrons. The molecular formula is C13H14FN3O2S. The highest BCUT2D eigenvalue weighted by Gasteiger charge is 2.21. The number of benzene rings is 1. The Morgan fingerprint density at radius 2 is 1.90 bits per heavy atom. The van der Waals surface area contributed by atoms with Gasteiger partial charge in [-0.3, -0.25) is 4.98 Å². The van der Waals surface area contributed by atoms with Gasteiger partial charge < -0.3 is 5.73 Å². The molecule has 2 rings (SSSR count). The van der Waals surface area contributed by atoms with Crippen molar-refractivity contribution < 1.29 is 12.8 Å². The summed E-state index contributed by atoms with van der Waals surface area (Å²) < 4.78 is 39.9. The predicted octanol–water partition coefficient (Wildman–Crippen LogP) is 1.84. The van der Waals surface area contributed by atoms with Gasteiger partial charge in [-0.15, -0.1) is 0 Å². The monoisotopic (exact) mass is 295 g/mol. The number of nitrogens with zero attached hydrogens (tertiary/aromatic N) is 1. The minimum absolute atomic E-state index is 0.126. The largest absolute Gasteiger partial charge is 0.398 e. The van der Waals surface area contributed by atoms with Crippen molar-refractivity contribution in [3.63, 3.8) is 0 Å². The SMILES string of the molecule is CC(NS(=O)(=O)c1ccc(F)cc1N)c1ccncc1. The van der Waals surface area contributed by atoms with E-state index >= 15 is 0 Å². The molecule has 1 heterocycles. The number of nitrogens with two attached hydrogens (primary N) is 1. The van der Waals surface area contributed by atoms with Crippen LogP contribution in [0.25, 0.3) is 0 Å². The molecule has 0 bridgehead atoms. The van der Waals surface area contributed by atoms with Crippen LogP contribution in [0.15, 0.2) is 47.6 Å². The average molecular weight is 295 g/mol. The van der Waals surface area contributed by atoms with E-state index in [1.165, 1.54) is 0 Å². The molecule has 0 saturated heterocycles. The summed E-state index contributed by atoms with van der Waals surface area (Å²) in [5.74, 6) is -0.580. The molecule has 0 aliphatic rings. The molecule has 2 aromatic rings. The van der Waals surface area contributed by atoms with Crippen molar-refractivity contribution in [3.8, 4) is 0 Å². The van der Waals surface area contributed by atoms with Crippen molar-refractivity contribution in [2.45, 2.75) is 17.9 Å². The van der Waals surface area contributed by atoms with Crippen LogP contribution in [0.5, 0.6) is 0 Å². The van der Waals surface area contributed by atoms with Gasteiger partial charge in [0.05, 0.1) is 5.69 Å². The number of pyridine rings is 1. The Morgan fingerprint density at radius 3 is 2.50 bits per heavy atom. The third-order valence-corrected chi connectivity index (χ3v) is 4.41. The molecule has 1 atom stereocenters. The first kappa shape index (κ1) is 14.4. The molecule has 0 spiro atoms. The van der Waals surface area contributed by atoms with Crippen molar-refractivity contribution in [2.24, 2.45) is 0 Å². The maximum absolute atomic E-state index is 13.0. The summed E-state index contributed by atoms with van der Waals surface area (Å²) in [5.41, 5.74) is 6.20. The van der Waals surface area contributed by atoms with Crippen LogP contribution in [0.3, 0.4) is 0 Å². The van der Waals surface area contributed by atoms with Gasteiger partial charge in [0.2, 0.25) is 10.0 Å². The lowest BCUT2D eigenvalue weighted by Gasteiger charge is -2.15. The van der Waals surface area contributed by atoms with Crippen LogP contribution in [0, 0.1) is 5.82 Å². The highest BCUT2D eigenvalue weighted by atomic mass is 32.2. The van der Waals surface area contributed by atoms with Gasteiger partial charge in [0.1, 0.15) is 10.7 Å². The van der Waals surface area contributed by atoms with E-state index in [4.69, 9.17) is 5.73 Å². The summed E-state index contributed by atoms with van der Waals surface area (Å²) in [6.45, 7) is 1.70. The van der Waals surface area contributed by atoms with E-state index in [1.807, 2.05) is 0 Å². The molecule has 0 aliphatic heterocycles. The van der Waals surface area contributed by atoms with Gasteiger partial charge in [-0.2, -0.15) is 0 Å². The van der Waals surface area contributed by atoms with Crippen LogP contribution in [0.2, 0.25) is 0 Å². The summed E-state index contributed by atoms with van der Waals surface area (Å²) in [4.78, 5) is 3.73. The number of nitrogens with one attached hydrogen (secondary N) is 1. The molecule has 5 nitrogen and oxygen atoms in total. The average Bonchev–Trinajstić information content (AvgIpc) is 2.38. The second kappa shape index (κ2) is 5.56.